The standard InChI is InChI=1S/C27H22BrN3O7/c1-15-7-8-17(9-16(15)2)14-38-24-22(28)11-18(12-23(24)37-3)10-21-25(32)29-27(34)30(26(21)33)19-5-4-6-20(13-19)31(35)36/h4-13H,14H2,1-3H3,(H,29,32,34)/b21-10+. The van der Waals surface area contributed by atoms with Crippen LogP contribution in [0.3, 0.4) is 0 Å². The average Bonchev–Trinajstić information content (AvgIpc) is 2.87. The van der Waals surface area contributed by atoms with Crippen molar-refractivity contribution in [2.45, 2.75) is 20.5 Å². The molecule has 0 aromatic heterocycles. The van der Waals surface area contributed by atoms with Gasteiger partial charge in [0.15, 0.2) is 11.5 Å². The number of benzene rings is 3. The molecular weight excluding hydrogens is 558 g/mol. The minimum Gasteiger partial charge on any atom is -0.493 e. The number of nitro groups is 1. The largest absolute Gasteiger partial charge is 0.493 e. The van der Waals surface area contributed by atoms with Gasteiger partial charge >= 0.3 is 6.03 Å². The number of nitro benzene ring substituents is 1. The maximum absolute atomic E-state index is 13.2. The second-order valence-electron chi connectivity index (χ2n) is 8.48. The predicted octanol–water partition coefficient (Wildman–Crippen LogP) is 5.23. The van der Waals surface area contributed by atoms with Crippen LogP contribution in [0.2, 0.25) is 0 Å². The van der Waals surface area contributed by atoms with Crippen LogP contribution in [0.4, 0.5) is 16.2 Å². The molecule has 0 saturated carbocycles. The van der Waals surface area contributed by atoms with Gasteiger partial charge in [0.25, 0.3) is 17.5 Å². The van der Waals surface area contributed by atoms with Crippen molar-refractivity contribution < 1.29 is 28.8 Å². The maximum atomic E-state index is 13.2. The van der Waals surface area contributed by atoms with Crippen LogP contribution in [0.1, 0.15) is 22.3 Å². The van der Waals surface area contributed by atoms with Gasteiger partial charge in [0.05, 0.1) is 22.2 Å². The van der Waals surface area contributed by atoms with Crippen molar-refractivity contribution in [3.8, 4) is 11.5 Å². The molecule has 0 aliphatic carbocycles. The van der Waals surface area contributed by atoms with Crippen LogP contribution in [0.5, 0.6) is 11.5 Å². The highest BCUT2D eigenvalue weighted by Crippen LogP contribution is 2.38. The third-order valence-electron chi connectivity index (χ3n) is 5.92. The minimum absolute atomic E-state index is 0.0473. The molecule has 0 radical (unpaired) electrons. The number of hydrogen-bond donors (Lipinski definition) is 1. The lowest BCUT2D eigenvalue weighted by Crippen LogP contribution is -2.54. The Hall–Kier alpha value is -4.51. The van der Waals surface area contributed by atoms with Gasteiger partial charge in [-0.15, -0.1) is 0 Å². The van der Waals surface area contributed by atoms with E-state index in [0.29, 0.717) is 26.4 Å². The SMILES string of the molecule is COc1cc(/C=C2\C(=O)NC(=O)N(c3cccc([N+](=O)[O-])c3)C2=O)cc(Br)c1OCc1ccc(C)c(C)c1. The molecule has 11 heteroatoms. The van der Waals surface area contributed by atoms with Crippen LogP contribution >= 0.6 is 15.9 Å². The van der Waals surface area contributed by atoms with Gasteiger partial charge in [-0.25, -0.2) is 9.69 Å². The molecule has 1 aliphatic rings. The Labute approximate surface area is 226 Å². The molecule has 194 valence electrons. The lowest BCUT2D eigenvalue weighted by molar-refractivity contribution is -0.384. The fourth-order valence-electron chi connectivity index (χ4n) is 3.82. The van der Waals surface area contributed by atoms with Gasteiger partial charge in [-0.2, -0.15) is 0 Å². The first-order valence-corrected chi connectivity index (χ1v) is 12.1. The van der Waals surface area contributed by atoms with Crippen LogP contribution < -0.4 is 19.7 Å². The van der Waals surface area contributed by atoms with Gasteiger partial charge in [-0.1, -0.05) is 24.3 Å². The molecule has 1 heterocycles. The number of nitrogens with one attached hydrogen (secondary N) is 1. The molecule has 38 heavy (non-hydrogen) atoms. The van der Waals surface area contributed by atoms with Gasteiger partial charge in [0.2, 0.25) is 0 Å². The molecular formula is C27H22BrN3O7. The number of rotatable bonds is 7. The number of carbonyl (C=O) groups excluding carboxylic acids is 3. The summed E-state index contributed by atoms with van der Waals surface area (Å²) in [7, 11) is 1.46. The van der Waals surface area contributed by atoms with Crippen LogP contribution in [0.25, 0.3) is 6.08 Å². The summed E-state index contributed by atoms with van der Waals surface area (Å²) >= 11 is 3.47. The molecule has 0 bridgehead atoms. The van der Waals surface area contributed by atoms with Crippen LogP contribution in [0, 0.1) is 24.0 Å². The third-order valence-corrected chi connectivity index (χ3v) is 6.51. The van der Waals surface area contributed by atoms with Crippen molar-refractivity contribution in [2.24, 2.45) is 0 Å². The summed E-state index contributed by atoms with van der Waals surface area (Å²) in [5, 5.41) is 13.2. The Morgan fingerprint density at radius 1 is 1.05 bits per heavy atom. The number of amides is 4. The monoisotopic (exact) mass is 579 g/mol. The van der Waals surface area contributed by atoms with E-state index in [1.54, 1.807) is 12.1 Å². The Morgan fingerprint density at radius 3 is 2.50 bits per heavy atom. The number of ether oxygens (including phenoxy) is 2. The third kappa shape index (κ3) is 5.42. The van der Waals surface area contributed by atoms with E-state index < -0.39 is 22.8 Å². The number of imide groups is 2. The van der Waals surface area contributed by atoms with Crippen molar-refractivity contribution in [1.29, 1.82) is 0 Å². The van der Waals surface area contributed by atoms with Gasteiger partial charge in [0, 0.05) is 12.1 Å². The van der Waals surface area contributed by atoms with Gasteiger partial charge in [-0.05, 0) is 76.3 Å². The van der Waals surface area contributed by atoms with Gasteiger partial charge in [-0.3, -0.25) is 25.0 Å². The zero-order chi connectivity index (χ0) is 27.6. The van der Waals surface area contributed by atoms with Gasteiger partial charge in [0.1, 0.15) is 12.2 Å². The quantitative estimate of drug-likeness (QED) is 0.176. The van der Waals surface area contributed by atoms with E-state index in [1.165, 1.54) is 36.9 Å². The number of nitrogens with zero attached hydrogens (tertiary/aromatic N) is 2. The van der Waals surface area contributed by atoms with E-state index in [2.05, 4.69) is 21.2 Å². The van der Waals surface area contributed by atoms with E-state index in [9.17, 15) is 24.5 Å². The molecule has 0 atom stereocenters. The average molecular weight is 580 g/mol. The number of hydrogen-bond acceptors (Lipinski definition) is 7. The highest BCUT2D eigenvalue weighted by atomic mass is 79.9. The first-order chi connectivity index (χ1) is 18.1. The Balaban J connectivity index is 1.64. The van der Waals surface area contributed by atoms with E-state index in [1.807, 2.05) is 32.0 Å². The summed E-state index contributed by atoms with van der Waals surface area (Å²) in [6.07, 6.45) is 1.30. The van der Waals surface area contributed by atoms with Gasteiger partial charge < -0.3 is 9.47 Å². The van der Waals surface area contributed by atoms with E-state index in [4.69, 9.17) is 9.47 Å². The summed E-state index contributed by atoms with van der Waals surface area (Å²) in [5.74, 6) is -1.04. The van der Waals surface area contributed by atoms with Crippen LogP contribution in [0.15, 0.2) is 64.6 Å². The molecule has 1 saturated heterocycles. The second-order valence-corrected chi connectivity index (χ2v) is 9.33. The Kier molecular flexibility index (Phi) is 7.58. The molecule has 1 N–H and O–H groups in total. The molecule has 3 aromatic carbocycles. The van der Waals surface area contributed by atoms with E-state index in [0.717, 1.165) is 17.2 Å². The van der Waals surface area contributed by atoms with Crippen LogP contribution in [-0.4, -0.2) is 29.9 Å². The topological polar surface area (TPSA) is 128 Å². The number of barbiturate groups is 1. The lowest BCUT2D eigenvalue weighted by atomic mass is 10.1. The maximum Gasteiger partial charge on any atom is 0.335 e. The lowest BCUT2D eigenvalue weighted by Gasteiger charge is -2.26. The van der Waals surface area contributed by atoms with Crippen molar-refractivity contribution in [1.82, 2.24) is 5.32 Å². The zero-order valence-electron chi connectivity index (χ0n) is 20.6. The number of halogens is 1. The molecule has 0 spiro atoms. The van der Waals surface area contributed by atoms with Crippen LogP contribution in [-0.2, 0) is 16.2 Å². The Bertz CT molecular complexity index is 1520. The predicted molar refractivity (Wildman–Crippen MR) is 143 cm³/mol. The fourth-order valence-corrected chi connectivity index (χ4v) is 4.39. The normalized spacial score (nSPS) is 14.5. The number of methoxy groups -OCH3 is 1. The zero-order valence-corrected chi connectivity index (χ0v) is 22.2. The molecule has 4 amide bonds. The molecule has 0 unspecified atom stereocenters. The summed E-state index contributed by atoms with van der Waals surface area (Å²) < 4.78 is 12.0. The number of aryl methyl sites for hydroxylation is 2. The summed E-state index contributed by atoms with van der Waals surface area (Å²) in [6, 6.07) is 13.3. The van der Waals surface area contributed by atoms with Crippen molar-refractivity contribution in [3.05, 3.63) is 97.0 Å². The smallest absolute Gasteiger partial charge is 0.335 e. The minimum atomic E-state index is -1.01. The second kappa shape index (κ2) is 10.9. The molecule has 1 fully saturated rings. The van der Waals surface area contributed by atoms with Crippen molar-refractivity contribution in [3.63, 3.8) is 0 Å². The first kappa shape index (κ1) is 26.6. The molecule has 1 aliphatic heterocycles. The van der Waals surface area contributed by atoms with Crippen molar-refractivity contribution >= 4 is 51.2 Å². The summed E-state index contributed by atoms with van der Waals surface area (Å²) in [4.78, 5) is 49.4. The van der Waals surface area contributed by atoms with E-state index >= 15 is 0 Å². The van der Waals surface area contributed by atoms with E-state index in [-0.39, 0.29) is 23.6 Å². The van der Waals surface area contributed by atoms with Crippen molar-refractivity contribution in [2.75, 3.05) is 12.0 Å². The first-order valence-electron chi connectivity index (χ1n) is 11.3. The number of carbonyl (C=O) groups is 3. The number of urea groups is 1. The summed E-state index contributed by atoms with van der Waals surface area (Å²) in [5.41, 5.74) is 3.02. The number of anilines is 1. The highest BCUT2D eigenvalue weighted by Gasteiger charge is 2.37. The molecule has 3 aromatic rings. The molecule has 4 rings (SSSR count). The highest BCUT2D eigenvalue weighted by molar-refractivity contribution is 9.10. The molecule has 10 nitrogen and oxygen atoms in total. The Morgan fingerprint density at radius 2 is 1.82 bits per heavy atom. The fraction of sp³-hybridized carbons (Fsp3) is 0.148. The number of non-ortho nitro benzene ring substituents is 1. The summed E-state index contributed by atoms with van der Waals surface area (Å²) in [6.45, 7) is 4.34.